The van der Waals surface area contributed by atoms with Gasteiger partial charge in [-0.25, -0.2) is 31.5 Å². The summed E-state index contributed by atoms with van der Waals surface area (Å²) in [7, 11) is 1.66. The first-order valence-corrected chi connectivity index (χ1v) is 17.2. The molecule has 0 spiro atoms. The molecule has 0 radical (unpaired) electrons. The van der Waals surface area contributed by atoms with Gasteiger partial charge >= 0.3 is 6.18 Å². The van der Waals surface area contributed by atoms with Gasteiger partial charge in [0.2, 0.25) is 5.95 Å². The first-order valence-electron chi connectivity index (χ1n) is 15.8. The fraction of sp³-hybridized carbons (Fsp3) is 0.371. The Bertz CT molecular complexity index is 1890. The minimum absolute atomic E-state index is 0.142. The highest BCUT2D eigenvalue weighted by Gasteiger charge is 2.39. The van der Waals surface area contributed by atoms with Crippen LogP contribution in [0.2, 0.25) is 0 Å². The third-order valence-corrected chi connectivity index (χ3v) is 10.9. The molecule has 0 unspecified atom stereocenters. The molecule has 0 bridgehead atoms. The van der Waals surface area contributed by atoms with Crippen LogP contribution in [0, 0.1) is 11.6 Å². The van der Waals surface area contributed by atoms with Crippen molar-refractivity contribution in [3.63, 3.8) is 0 Å². The van der Waals surface area contributed by atoms with Gasteiger partial charge < -0.3 is 19.3 Å². The van der Waals surface area contributed by atoms with Gasteiger partial charge in [0.1, 0.15) is 23.1 Å². The summed E-state index contributed by atoms with van der Waals surface area (Å²) in [5.74, 6) is -2.17. The van der Waals surface area contributed by atoms with Gasteiger partial charge in [0, 0.05) is 48.3 Å². The number of benzene rings is 3. The van der Waals surface area contributed by atoms with Crippen LogP contribution in [-0.2, 0) is 29.2 Å². The van der Waals surface area contributed by atoms with E-state index in [4.69, 9.17) is 9.47 Å². The van der Waals surface area contributed by atoms with Crippen molar-refractivity contribution in [3.05, 3.63) is 101 Å². The average Bonchev–Trinajstić information content (AvgIpc) is 3.09. The van der Waals surface area contributed by atoms with Crippen LogP contribution in [0.3, 0.4) is 0 Å². The zero-order valence-corrected chi connectivity index (χ0v) is 28.9. The smallest absolute Gasteiger partial charge is 0.416 e. The minimum atomic E-state index is -4.93. The molecule has 0 saturated carbocycles. The molecule has 1 fully saturated rings. The molecule has 0 N–H and O–H groups in total. The molecule has 0 aliphatic carbocycles. The van der Waals surface area contributed by atoms with Crippen LogP contribution >= 0.6 is 0 Å². The second-order valence-corrected chi connectivity index (χ2v) is 14.1. The summed E-state index contributed by atoms with van der Waals surface area (Å²) in [5.41, 5.74) is -0.225. The van der Waals surface area contributed by atoms with Gasteiger partial charge in [-0.3, -0.25) is 0 Å². The summed E-state index contributed by atoms with van der Waals surface area (Å²) < 4.78 is 112. The molecule has 1 aromatic heterocycles. The molecule has 4 aromatic rings. The number of aromatic nitrogens is 2. The van der Waals surface area contributed by atoms with Gasteiger partial charge in [-0.15, -0.1) is 0 Å². The highest BCUT2D eigenvalue weighted by atomic mass is 32.2. The number of alkyl halides is 3. The van der Waals surface area contributed by atoms with E-state index in [2.05, 4.69) is 9.97 Å². The predicted octanol–water partition coefficient (Wildman–Crippen LogP) is 6.72. The second kappa shape index (κ2) is 14.8. The first-order chi connectivity index (χ1) is 23.7. The van der Waals surface area contributed by atoms with Crippen LogP contribution in [0.4, 0.5) is 33.6 Å². The summed E-state index contributed by atoms with van der Waals surface area (Å²) in [5, 5.41) is 0. The number of hydrogen-bond acceptors (Lipinski definition) is 8. The van der Waals surface area contributed by atoms with E-state index in [1.807, 2.05) is 19.0 Å². The monoisotopic (exact) mass is 719 g/mol. The molecule has 2 heterocycles. The SMILES string of the molecule is COc1ccc(CN(c2ncccn2)S(=O)(=O)c2c(F)cc(N3CCC[C@](CCc4cccc(C(F)(F)F)c4)(N(C)C)C3)cc2F)c(OC)c1. The molecule has 3 aromatic carbocycles. The number of rotatable bonds is 12. The maximum absolute atomic E-state index is 16.0. The fourth-order valence-electron chi connectivity index (χ4n) is 6.31. The van der Waals surface area contributed by atoms with Crippen molar-refractivity contribution in [2.45, 2.75) is 48.8 Å². The minimum Gasteiger partial charge on any atom is -0.497 e. The molecule has 15 heteroatoms. The van der Waals surface area contributed by atoms with E-state index in [9.17, 15) is 21.6 Å². The number of anilines is 2. The van der Waals surface area contributed by atoms with Gasteiger partial charge in [-0.05, 0) is 81.7 Å². The molecule has 268 valence electrons. The predicted molar refractivity (Wildman–Crippen MR) is 179 cm³/mol. The van der Waals surface area contributed by atoms with Crippen LogP contribution in [0.1, 0.15) is 36.0 Å². The van der Waals surface area contributed by atoms with Crippen LogP contribution in [-0.4, -0.2) is 70.2 Å². The Kier molecular flexibility index (Phi) is 10.9. The zero-order valence-electron chi connectivity index (χ0n) is 28.0. The Balaban J connectivity index is 1.45. The van der Waals surface area contributed by atoms with E-state index in [1.54, 1.807) is 29.2 Å². The number of sulfonamides is 1. The second-order valence-electron chi connectivity index (χ2n) is 12.3. The summed E-state index contributed by atoms with van der Waals surface area (Å²) in [4.78, 5) is 10.7. The van der Waals surface area contributed by atoms with Crippen molar-refractivity contribution in [1.82, 2.24) is 14.9 Å². The largest absolute Gasteiger partial charge is 0.497 e. The lowest BCUT2D eigenvalue weighted by Crippen LogP contribution is -2.56. The molecule has 9 nitrogen and oxygen atoms in total. The topological polar surface area (TPSA) is 88.1 Å². The Morgan fingerprint density at radius 3 is 2.26 bits per heavy atom. The molecule has 5 rings (SSSR count). The summed E-state index contributed by atoms with van der Waals surface area (Å²) in [6.45, 7) is 0.333. The third-order valence-electron chi connectivity index (χ3n) is 9.12. The van der Waals surface area contributed by atoms with E-state index in [1.165, 1.54) is 38.7 Å². The molecule has 0 amide bonds. The van der Waals surface area contributed by atoms with E-state index in [-0.39, 0.29) is 17.4 Å². The van der Waals surface area contributed by atoms with E-state index in [0.717, 1.165) is 24.3 Å². The van der Waals surface area contributed by atoms with Crippen LogP contribution < -0.4 is 18.7 Å². The number of nitrogens with zero attached hydrogens (tertiary/aromatic N) is 5. The molecule has 1 aliphatic rings. The lowest BCUT2D eigenvalue weighted by Gasteiger charge is -2.48. The van der Waals surface area contributed by atoms with E-state index in [0.29, 0.717) is 60.0 Å². The van der Waals surface area contributed by atoms with Gasteiger partial charge in [-0.1, -0.05) is 18.2 Å². The molecule has 1 saturated heterocycles. The molecule has 1 atom stereocenters. The van der Waals surface area contributed by atoms with Crippen molar-refractivity contribution in [3.8, 4) is 11.5 Å². The average molecular weight is 720 g/mol. The quantitative estimate of drug-likeness (QED) is 0.149. The van der Waals surface area contributed by atoms with Gasteiger partial charge in [0.15, 0.2) is 4.90 Å². The molecular formula is C35H38F5N5O4S. The zero-order chi connectivity index (χ0) is 36.3. The summed E-state index contributed by atoms with van der Waals surface area (Å²) in [6, 6.07) is 13.4. The van der Waals surface area contributed by atoms with Crippen molar-refractivity contribution < 1.29 is 39.8 Å². The highest BCUT2D eigenvalue weighted by molar-refractivity contribution is 7.92. The number of methoxy groups -OCH3 is 2. The van der Waals surface area contributed by atoms with Crippen molar-refractivity contribution in [2.24, 2.45) is 0 Å². The number of halogens is 5. The lowest BCUT2D eigenvalue weighted by molar-refractivity contribution is -0.137. The maximum atomic E-state index is 16.0. The van der Waals surface area contributed by atoms with Crippen molar-refractivity contribution in [2.75, 3.05) is 50.6 Å². The fourth-order valence-corrected chi connectivity index (χ4v) is 7.76. The number of ether oxygens (including phenoxy) is 2. The summed E-state index contributed by atoms with van der Waals surface area (Å²) in [6.07, 6.45) is 0.333. The normalized spacial score (nSPS) is 16.8. The number of piperidine rings is 1. The summed E-state index contributed by atoms with van der Waals surface area (Å²) >= 11 is 0. The Hall–Kier alpha value is -4.50. The Morgan fingerprint density at radius 1 is 0.940 bits per heavy atom. The number of likely N-dealkylation sites (N-methyl/N-ethyl adjacent to an activating group) is 1. The highest BCUT2D eigenvalue weighted by Crippen LogP contribution is 2.37. The molecular weight excluding hydrogens is 681 g/mol. The molecule has 50 heavy (non-hydrogen) atoms. The van der Waals surface area contributed by atoms with Crippen LogP contribution in [0.5, 0.6) is 11.5 Å². The van der Waals surface area contributed by atoms with Crippen LogP contribution in [0.15, 0.2) is 78.0 Å². The van der Waals surface area contributed by atoms with Crippen molar-refractivity contribution in [1.29, 1.82) is 0 Å². The van der Waals surface area contributed by atoms with Gasteiger partial charge in [-0.2, -0.15) is 13.2 Å². The van der Waals surface area contributed by atoms with Gasteiger partial charge in [0.25, 0.3) is 10.0 Å². The van der Waals surface area contributed by atoms with E-state index >= 15 is 8.78 Å². The first kappa shape index (κ1) is 36.8. The number of aryl methyl sites for hydroxylation is 1. The Morgan fingerprint density at radius 2 is 1.64 bits per heavy atom. The Labute approximate surface area is 288 Å². The van der Waals surface area contributed by atoms with Crippen molar-refractivity contribution >= 4 is 21.7 Å². The standard InChI is InChI=1S/C35H38F5N5O4S/c1-43(2)34(14-12-24-8-5-9-26(18-24)35(38,39)40)13-6-17-44(23-34)27-19-29(36)32(30(37)20-27)50(46,47)45(33-41-15-7-16-42-33)22-25-10-11-28(48-3)21-31(25)49-4/h5,7-11,15-16,18-21H,6,12-14,17,22-23H2,1-4H3/t34-/m1/s1. The third kappa shape index (κ3) is 7.78. The van der Waals surface area contributed by atoms with E-state index < -0.39 is 50.4 Å². The molecule has 1 aliphatic heterocycles. The van der Waals surface area contributed by atoms with Crippen LogP contribution in [0.25, 0.3) is 0 Å². The number of hydrogen-bond donors (Lipinski definition) is 0. The maximum Gasteiger partial charge on any atom is 0.416 e. The van der Waals surface area contributed by atoms with Gasteiger partial charge in [0.05, 0.1) is 26.3 Å². The lowest BCUT2D eigenvalue weighted by atomic mass is 9.82.